The summed E-state index contributed by atoms with van der Waals surface area (Å²) in [5.41, 5.74) is 0.873. The summed E-state index contributed by atoms with van der Waals surface area (Å²) in [6, 6.07) is 19.8. The zero-order valence-electron chi connectivity index (χ0n) is 20.8. The van der Waals surface area contributed by atoms with Gasteiger partial charge in [-0.25, -0.2) is 12.8 Å². The lowest BCUT2D eigenvalue weighted by atomic mass is 10.2. The van der Waals surface area contributed by atoms with Gasteiger partial charge in [0.15, 0.2) is 0 Å². The van der Waals surface area contributed by atoms with Crippen LogP contribution in [0, 0.1) is 5.82 Å². The second-order valence-corrected chi connectivity index (χ2v) is 11.2. The Bertz CT molecular complexity index is 1310. The van der Waals surface area contributed by atoms with E-state index in [1.54, 1.807) is 71.6 Å². The van der Waals surface area contributed by atoms with Crippen LogP contribution in [0.3, 0.4) is 0 Å². The van der Waals surface area contributed by atoms with E-state index < -0.39 is 10.0 Å². The molecular weight excluding hydrogens is 513 g/mol. The Labute approximate surface area is 221 Å². The number of halogens is 1. The standard InChI is InChI=1S/C27H30FN3O4S2/c1-3-35-22-10-8-21(9-11-22)31(37(33,34)24-14-12-23(36-2)13-15-24)20-27(32)30-18-16-29(17-19-30)26-7-5-4-6-25(26)28/h4-15H,3,16-20H2,1-2H3. The Kier molecular flexibility index (Phi) is 8.60. The first-order valence-corrected chi connectivity index (χ1v) is 14.7. The molecule has 0 saturated carbocycles. The zero-order valence-corrected chi connectivity index (χ0v) is 22.5. The minimum atomic E-state index is -4.02. The largest absolute Gasteiger partial charge is 0.494 e. The van der Waals surface area contributed by atoms with E-state index in [0.29, 0.717) is 49.9 Å². The summed E-state index contributed by atoms with van der Waals surface area (Å²) in [6.07, 6.45) is 1.92. The predicted octanol–water partition coefficient (Wildman–Crippen LogP) is 4.49. The first-order chi connectivity index (χ1) is 17.8. The van der Waals surface area contributed by atoms with E-state index in [1.807, 2.05) is 18.1 Å². The van der Waals surface area contributed by atoms with Crippen LogP contribution in [0.1, 0.15) is 6.92 Å². The number of para-hydroxylation sites is 1. The number of carbonyl (C=O) groups is 1. The number of nitrogens with zero attached hydrogens (tertiary/aromatic N) is 3. The van der Waals surface area contributed by atoms with Crippen molar-refractivity contribution in [3.63, 3.8) is 0 Å². The van der Waals surface area contributed by atoms with Crippen molar-refractivity contribution in [2.24, 2.45) is 0 Å². The molecule has 4 rings (SSSR count). The highest BCUT2D eigenvalue weighted by molar-refractivity contribution is 7.98. The van der Waals surface area contributed by atoms with Crippen molar-refractivity contribution in [1.82, 2.24) is 4.90 Å². The molecule has 0 radical (unpaired) electrons. The number of carbonyl (C=O) groups excluding carboxylic acids is 1. The number of hydrogen-bond acceptors (Lipinski definition) is 6. The number of piperazine rings is 1. The Hall–Kier alpha value is -3.24. The van der Waals surface area contributed by atoms with Crippen LogP contribution >= 0.6 is 11.8 Å². The summed E-state index contributed by atoms with van der Waals surface area (Å²) in [4.78, 5) is 17.9. The fourth-order valence-electron chi connectivity index (χ4n) is 4.19. The summed E-state index contributed by atoms with van der Waals surface area (Å²) < 4.78 is 48.2. The molecule has 7 nitrogen and oxygen atoms in total. The predicted molar refractivity (Wildman–Crippen MR) is 146 cm³/mol. The van der Waals surface area contributed by atoms with E-state index in [2.05, 4.69) is 0 Å². The van der Waals surface area contributed by atoms with Crippen LogP contribution in [0.4, 0.5) is 15.8 Å². The SMILES string of the molecule is CCOc1ccc(N(CC(=O)N2CCN(c3ccccc3F)CC2)S(=O)(=O)c2ccc(SC)cc2)cc1. The second-order valence-electron chi connectivity index (χ2n) is 8.43. The lowest BCUT2D eigenvalue weighted by Gasteiger charge is -2.37. The fraction of sp³-hybridized carbons (Fsp3) is 0.296. The molecule has 1 fully saturated rings. The summed E-state index contributed by atoms with van der Waals surface area (Å²) in [5.74, 6) is -0.00238. The van der Waals surface area contributed by atoms with Crippen molar-refractivity contribution in [2.45, 2.75) is 16.7 Å². The number of rotatable bonds is 9. The quantitative estimate of drug-likeness (QED) is 0.371. The van der Waals surface area contributed by atoms with Gasteiger partial charge < -0.3 is 14.5 Å². The van der Waals surface area contributed by atoms with E-state index in [9.17, 15) is 17.6 Å². The molecule has 3 aromatic carbocycles. The molecule has 1 aliphatic heterocycles. The fourth-order valence-corrected chi connectivity index (χ4v) is 6.02. The number of benzene rings is 3. The molecular formula is C27H30FN3O4S2. The average molecular weight is 544 g/mol. The Morgan fingerprint density at radius 3 is 2.22 bits per heavy atom. The van der Waals surface area contributed by atoms with Gasteiger partial charge in [-0.3, -0.25) is 9.10 Å². The third-order valence-corrected chi connectivity index (χ3v) is 8.72. The van der Waals surface area contributed by atoms with Gasteiger partial charge in [0.2, 0.25) is 5.91 Å². The van der Waals surface area contributed by atoms with Crippen molar-refractivity contribution in [3.8, 4) is 5.75 Å². The summed E-state index contributed by atoms with van der Waals surface area (Å²) in [5, 5.41) is 0. The highest BCUT2D eigenvalue weighted by Crippen LogP contribution is 2.28. The molecule has 0 atom stereocenters. The molecule has 10 heteroatoms. The number of ether oxygens (including phenoxy) is 1. The van der Waals surface area contributed by atoms with Gasteiger partial charge >= 0.3 is 0 Å². The molecule has 0 bridgehead atoms. The van der Waals surface area contributed by atoms with Gasteiger partial charge in [0.1, 0.15) is 18.1 Å². The van der Waals surface area contributed by atoms with Crippen LogP contribution in [-0.4, -0.2) is 64.8 Å². The smallest absolute Gasteiger partial charge is 0.264 e. The molecule has 3 aromatic rings. The van der Waals surface area contributed by atoms with Crippen molar-refractivity contribution in [3.05, 3.63) is 78.6 Å². The monoisotopic (exact) mass is 543 g/mol. The number of anilines is 2. The minimum Gasteiger partial charge on any atom is -0.494 e. The maximum Gasteiger partial charge on any atom is 0.264 e. The Morgan fingerprint density at radius 1 is 0.973 bits per heavy atom. The van der Waals surface area contributed by atoms with E-state index in [-0.39, 0.29) is 23.2 Å². The van der Waals surface area contributed by atoms with E-state index in [4.69, 9.17) is 4.74 Å². The molecule has 1 saturated heterocycles. The number of amides is 1. The first kappa shape index (κ1) is 26.8. The Balaban J connectivity index is 1.55. The molecule has 1 heterocycles. The van der Waals surface area contributed by atoms with Crippen LogP contribution in [0.5, 0.6) is 5.75 Å². The summed E-state index contributed by atoms with van der Waals surface area (Å²) in [6.45, 7) is 3.66. The highest BCUT2D eigenvalue weighted by Gasteiger charge is 2.30. The normalized spacial score (nSPS) is 13.9. The third-order valence-electron chi connectivity index (χ3n) is 6.19. The average Bonchev–Trinajstić information content (AvgIpc) is 2.92. The van der Waals surface area contributed by atoms with Crippen molar-refractivity contribution >= 4 is 39.1 Å². The van der Waals surface area contributed by atoms with Gasteiger partial charge in [-0.2, -0.15) is 0 Å². The van der Waals surface area contributed by atoms with Crippen molar-refractivity contribution in [1.29, 1.82) is 0 Å². The highest BCUT2D eigenvalue weighted by atomic mass is 32.2. The van der Waals surface area contributed by atoms with Gasteiger partial charge in [-0.05, 0) is 73.8 Å². The Morgan fingerprint density at radius 2 is 1.62 bits per heavy atom. The first-order valence-electron chi connectivity index (χ1n) is 12.0. The van der Waals surface area contributed by atoms with E-state index in [0.717, 1.165) is 9.20 Å². The summed E-state index contributed by atoms with van der Waals surface area (Å²) in [7, 11) is -4.02. The lowest BCUT2D eigenvalue weighted by Crippen LogP contribution is -2.52. The molecule has 0 N–H and O–H groups in total. The van der Waals surface area contributed by atoms with Crippen LogP contribution in [0.15, 0.2) is 82.6 Å². The van der Waals surface area contributed by atoms with Gasteiger partial charge in [-0.15, -0.1) is 11.8 Å². The van der Waals surface area contributed by atoms with E-state index >= 15 is 0 Å². The molecule has 0 unspecified atom stereocenters. The molecule has 0 aliphatic carbocycles. The number of hydrogen-bond donors (Lipinski definition) is 0. The topological polar surface area (TPSA) is 70.2 Å². The van der Waals surface area contributed by atoms with Crippen LogP contribution in [0.2, 0.25) is 0 Å². The molecule has 1 aliphatic rings. The minimum absolute atomic E-state index is 0.108. The van der Waals surface area contributed by atoms with Crippen LogP contribution < -0.4 is 13.9 Å². The number of thioether (sulfide) groups is 1. The molecule has 0 spiro atoms. The second kappa shape index (κ2) is 11.9. The van der Waals surface area contributed by atoms with Crippen molar-refractivity contribution in [2.75, 3.05) is 54.8 Å². The van der Waals surface area contributed by atoms with Gasteiger partial charge in [0.05, 0.1) is 22.9 Å². The molecule has 0 aromatic heterocycles. The van der Waals surface area contributed by atoms with E-state index in [1.165, 1.54) is 17.8 Å². The van der Waals surface area contributed by atoms with Gasteiger partial charge in [-0.1, -0.05) is 12.1 Å². The molecule has 1 amide bonds. The van der Waals surface area contributed by atoms with Crippen LogP contribution in [0.25, 0.3) is 0 Å². The summed E-state index contributed by atoms with van der Waals surface area (Å²) >= 11 is 1.52. The number of sulfonamides is 1. The zero-order chi connectivity index (χ0) is 26.4. The van der Waals surface area contributed by atoms with Gasteiger partial charge in [0, 0.05) is 31.1 Å². The van der Waals surface area contributed by atoms with Crippen LogP contribution in [-0.2, 0) is 14.8 Å². The maximum absolute atomic E-state index is 14.2. The molecule has 196 valence electrons. The lowest BCUT2D eigenvalue weighted by molar-refractivity contribution is -0.129. The maximum atomic E-state index is 14.2. The van der Waals surface area contributed by atoms with Gasteiger partial charge in [0.25, 0.3) is 10.0 Å². The molecule has 37 heavy (non-hydrogen) atoms. The third kappa shape index (κ3) is 6.19. The van der Waals surface area contributed by atoms with Crippen molar-refractivity contribution < 1.29 is 22.3 Å².